The quantitative estimate of drug-likeness (QED) is 0.814. The van der Waals surface area contributed by atoms with E-state index in [0.29, 0.717) is 12.0 Å². The Morgan fingerprint density at radius 1 is 1.05 bits per heavy atom. The van der Waals surface area contributed by atoms with E-state index in [1.54, 1.807) is 0 Å². The predicted molar refractivity (Wildman–Crippen MR) is 84.7 cm³/mol. The lowest BCUT2D eigenvalue weighted by molar-refractivity contribution is -0.108. The highest BCUT2D eigenvalue weighted by Gasteiger charge is 2.50. The van der Waals surface area contributed by atoms with E-state index in [0.717, 1.165) is 57.2 Å². The number of nitrogens with zero attached hydrogens (tertiary/aromatic N) is 1. The van der Waals surface area contributed by atoms with Crippen LogP contribution in [0.25, 0.3) is 0 Å². The van der Waals surface area contributed by atoms with Gasteiger partial charge in [-0.2, -0.15) is 0 Å². The van der Waals surface area contributed by atoms with E-state index in [-0.39, 0.29) is 6.10 Å². The Hall–Kier alpha value is -0.160. The van der Waals surface area contributed by atoms with Gasteiger partial charge in [0.2, 0.25) is 0 Å². The van der Waals surface area contributed by atoms with Gasteiger partial charge in [0.05, 0.1) is 32.5 Å². The molecule has 0 amide bonds. The first-order valence-corrected chi connectivity index (χ1v) is 9.27. The number of hydrogen-bond acceptors (Lipinski definition) is 4. The second-order valence-corrected chi connectivity index (χ2v) is 8.50. The number of rotatable bonds is 6. The van der Waals surface area contributed by atoms with Crippen molar-refractivity contribution in [3.05, 3.63) is 0 Å². The summed E-state index contributed by atoms with van der Waals surface area (Å²) in [4.78, 5) is 2.28. The lowest BCUT2D eigenvalue weighted by Gasteiger charge is -2.56. The normalized spacial score (nSPS) is 42.7. The minimum Gasteiger partial charge on any atom is -0.389 e. The molecule has 0 radical (unpaired) electrons. The molecular weight excluding hydrogens is 278 g/mol. The summed E-state index contributed by atoms with van der Waals surface area (Å²) < 4.78 is 11.4. The molecule has 1 unspecified atom stereocenters. The Labute approximate surface area is 134 Å². The third-order valence-electron chi connectivity index (χ3n) is 6.46. The lowest BCUT2D eigenvalue weighted by Crippen LogP contribution is -2.48. The van der Waals surface area contributed by atoms with Gasteiger partial charge in [0.15, 0.2) is 0 Å². The number of morpholine rings is 1. The highest BCUT2D eigenvalue weighted by molar-refractivity contribution is 5.01. The van der Waals surface area contributed by atoms with Crippen LogP contribution in [0.4, 0.5) is 0 Å². The van der Waals surface area contributed by atoms with Crippen LogP contribution in [0.2, 0.25) is 0 Å². The summed E-state index contributed by atoms with van der Waals surface area (Å²) in [5, 5.41) is 10.2. The summed E-state index contributed by atoms with van der Waals surface area (Å²) >= 11 is 0. The van der Waals surface area contributed by atoms with Gasteiger partial charge < -0.3 is 14.6 Å². The SMILES string of the molecule is OC(COCC12CC3CC(CC(C3)C1)C2)CN1CCOCC1. The summed E-state index contributed by atoms with van der Waals surface area (Å²) in [6, 6.07) is 0. The Bertz CT molecular complexity index is 345. The van der Waals surface area contributed by atoms with E-state index in [4.69, 9.17) is 9.47 Å². The molecule has 1 atom stereocenters. The maximum absolute atomic E-state index is 10.2. The summed E-state index contributed by atoms with van der Waals surface area (Å²) in [6.45, 7) is 5.57. The van der Waals surface area contributed by atoms with E-state index >= 15 is 0 Å². The fraction of sp³-hybridized carbons (Fsp3) is 1.00. The molecule has 4 nitrogen and oxygen atoms in total. The maximum Gasteiger partial charge on any atom is 0.0900 e. The largest absolute Gasteiger partial charge is 0.389 e. The minimum atomic E-state index is -0.355. The van der Waals surface area contributed by atoms with Gasteiger partial charge in [0.25, 0.3) is 0 Å². The number of hydrogen-bond donors (Lipinski definition) is 1. The maximum atomic E-state index is 10.2. The molecule has 4 saturated carbocycles. The Morgan fingerprint density at radius 2 is 1.64 bits per heavy atom. The Kier molecular flexibility index (Phi) is 4.46. The van der Waals surface area contributed by atoms with Crippen LogP contribution in [0.5, 0.6) is 0 Å². The molecule has 0 aromatic rings. The van der Waals surface area contributed by atoms with E-state index in [1.165, 1.54) is 38.5 Å². The molecule has 126 valence electrons. The smallest absolute Gasteiger partial charge is 0.0900 e. The lowest BCUT2D eigenvalue weighted by atomic mass is 9.50. The Morgan fingerprint density at radius 3 is 2.23 bits per heavy atom. The van der Waals surface area contributed by atoms with Gasteiger partial charge in [-0.25, -0.2) is 0 Å². The van der Waals surface area contributed by atoms with Gasteiger partial charge in [-0.05, 0) is 61.7 Å². The molecule has 5 rings (SSSR count). The molecule has 1 N–H and O–H groups in total. The summed E-state index contributed by atoms with van der Waals surface area (Å²) in [5.41, 5.74) is 0.466. The third kappa shape index (κ3) is 3.35. The van der Waals surface area contributed by atoms with Gasteiger partial charge in [0.1, 0.15) is 0 Å². The van der Waals surface area contributed by atoms with Crippen LogP contribution >= 0.6 is 0 Å². The van der Waals surface area contributed by atoms with Crippen LogP contribution in [0.3, 0.4) is 0 Å². The first-order valence-electron chi connectivity index (χ1n) is 9.27. The first kappa shape index (κ1) is 15.4. The molecule has 0 spiro atoms. The van der Waals surface area contributed by atoms with E-state index < -0.39 is 0 Å². The molecule has 1 aliphatic heterocycles. The first-order chi connectivity index (χ1) is 10.7. The van der Waals surface area contributed by atoms with E-state index in [2.05, 4.69) is 4.90 Å². The molecule has 5 fully saturated rings. The highest BCUT2D eigenvalue weighted by atomic mass is 16.5. The van der Waals surface area contributed by atoms with E-state index in [1.807, 2.05) is 0 Å². The van der Waals surface area contributed by atoms with E-state index in [9.17, 15) is 5.11 Å². The van der Waals surface area contributed by atoms with Crippen LogP contribution in [0.15, 0.2) is 0 Å². The standard InChI is InChI=1S/C18H31NO3/c20-17(11-19-1-3-21-4-2-19)12-22-13-18-8-14-5-15(9-18)7-16(6-14)10-18/h14-17,20H,1-13H2. The van der Waals surface area contributed by atoms with Crippen LogP contribution < -0.4 is 0 Å². The number of β-amino-alcohol motifs (C(OH)–C–C–N with tert-alkyl or cyclic N) is 1. The minimum absolute atomic E-state index is 0.355. The summed E-state index contributed by atoms with van der Waals surface area (Å²) in [6.07, 6.45) is 8.26. The fourth-order valence-corrected chi connectivity index (χ4v) is 6.01. The fourth-order valence-electron chi connectivity index (χ4n) is 6.01. The molecule has 1 heterocycles. The highest BCUT2D eigenvalue weighted by Crippen LogP contribution is 2.60. The molecule has 4 bridgehead atoms. The van der Waals surface area contributed by atoms with Gasteiger partial charge >= 0.3 is 0 Å². The summed E-state index contributed by atoms with van der Waals surface area (Å²) in [7, 11) is 0. The zero-order chi connectivity index (χ0) is 15.0. The second-order valence-electron chi connectivity index (χ2n) is 8.50. The molecule has 0 aromatic carbocycles. The van der Waals surface area contributed by atoms with Crippen LogP contribution in [0, 0.1) is 23.2 Å². The second kappa shape index (κ2) is 6.39. The number of ether oxygens (including phenoxy) is 2. The van der Waals surface area contributed by atoms with Crippen LogP contribution in [0.1, 0.15) is 38.5 Å². The van der Waals surface area contributed by atoms with Gasteiger partial charge in [-0.3, -0.25) is 4.90 Å². The van der Waals surface area contributed by atoms with Crippen molar-refractivity contribution in [3.63, 3.8) is 0 Å². The van der Waals surface area contributed by atoms with Crippen molar-refractivity contribution in [2.24, 2.45) is 23.2 Å². The molecule has 1 saturated heterocycles. The zero-order valence-electron chi connectivity index (χ0n) is 13.7. The van der Waals surface area contributed by atoms with Crippen molar-refractivity contribution >= 4 is 0 Å². The molecule has 4 aliphatic carbocycles. The van der Waals surface area contributed by atoms with Crippen molar-refractivity contribution in [1.82, 2.24) is 4.90 Å². The topological polar surface area (TPSA) is 41.9 Å². The molecule has 0 aromatic heterocycles. The van der Waals surface area contributed by atoms with Crippen molar-refractivity contribution < 1.29 is 14.6 Å². The van der Waals surface area contributed by atoms with Gasteiger partial charge in [0, 0.05) is 19.6 Å². The zero-order valence-corrected chi connectivity index (χ0v) is 13.7. The predicted octanol–water partition coefficient (Wildman–Crippen LogP) is 1.91. The summed E-state index contributed by atoms with van der Waals surface area (Å²) in [5.74, 6) is 2.94. The number of aliphatic hydroxyl groups excluding tert-OH is 1. The van der Waals surface area contributed by atoms with Gasteiger partial charge in [-0.1, -0.05) is 0 Å². The van der Waals surface area contributed by atoms with Crippen LogP contribution in [-0.4, -0.2) is 62.2 Å². The third-order valence-corrected chi connectivity index (χ3v) is 6.46. The number of aliphatic hydroxyl groups is 1. The average molecular weight is 309 g/mol. The van der Waals surface area contributed by atoms with Crippen molar-refractivity contribution in [1.29, 1.82) is 0 Å². The average Bonchev–Trinajstić information content (AvgIpc) is 2.46. The van der Waals surface area contributed by atoms with Crippen molar-refractivity contribution in [2.75, 3.05) is 46.1 Å². The Balaban J connectivity index is 1.21. The monoisotopic (exact) mass is 309 g/mol. The van der Waals surface area contributed by atoms with Gasteiger partial charge in [-0.15, -0.1) is 0 Å². The van der Waals surface area contributed by atoms with Crippen molar-refractivity contribution in [3.8, 4) is 0 Å². The molecule has 5 aliphatic rings. The van der Waals surface area contributed by atoms with Crippen LogP contribution in [-0.2, 0) is 9.47 Å². The molecule has 22 heavy (non-hydrogen) atoms. The molecule has 4 heteroatoms. The van der Waals surface area contributed by atoms with Crippen molar-refractivity contribution in [2.45, 2.75) is 44.6 Å². The molecular formula is C18H31NO3.